The second-order valence-corrected chi connectivity index (χ2v) is 6.61. The largest absolute Gasteiger partial charge is 0.357 e. The predicted molar refractivity (Wildman–Crippen MR) is 120 cm³/mol. The molecule has 0 unspecified atom stereocenters. The number of halogens is 1. The van der Waals surface area contributed by atoms with Crippen molar-refractivity contribution >= 4 is 41.3 Å². The summed E-state index contributed by atoms with van der Waals surface area (Å²) in [5.41, 5.74) is 2.28. The van der Waals surface area contributed by atoms with Crippen molar-refractivity contribution < 1.29 is 0 Å². The summed E-state index contributed by atoms with van der Waals surface area (Å²) in [6.07, 6.45) is 4.90. The Morgan fingerprint density at radius 1 is 1.15 bits per heavy atom. The number of hydrogen-bond donors (Lipinski definition) is 2. The molecule has 0 radical (unpaired) electrons. The van der Waals surface area contributed by atoms with E-state index in [0.717, 1.165) is 31.2 Å². The number of aromatic nitrogens is 2. The predicted octanol–water partition coefficient (Wildman–Crippen LogP) is 3.85. The van der Waals surface area contributed by atoms with E-state index >= 15 is 0 Å². The first-order chi connectivity index (χ1) is 12.3. The number of nitrogens with one attached hydrogen (secondary N) is 2. The monoisotopic (exact) mass is 481 g/mol. The molecule has 0 atom stereocenters. The van der Waals surface area contributed by atoms with Gasteiger partial charge in [0.1, 0.15) is 0 Å². The molecule has 0 aliphatic rings. The van der Waals surface area contributed by atoms with E-state index in [9.17, 15) is 0 Å². The van der Waals surface area contributed by atoms with Crippen LogP contribution in [0.1, 0.15) is 17.4 Å². The first-order valence-corrected chi connectivity index (χ1v) is 9.36. The maximum absolute atomic E-state index is 4.62. The lowest BCUT2D eigenvalue weighted by Gasteiger charge is -2.10. The Balaban J connectivity index is 0.00000243. The molecule has 0 fully saturated rings. The highest BCUT2D eigenvalue weighted by Gasteiger charge is 2.02. The number of hydrogen-bond acceptors (Lipinski definition) is 3. The Morgan fingerprint density at radius 3 is 2.73 bits per heavy atom. The maximum atomic E-state index is 4.62. The highest BCUT2D eigenvalue weighted by molar-refractivity contribution is 14.0. The van der Waals surface area contributed by atoms with Crippen molar-refractivity contribution in [2.24, 2.45) is 4.99 Å². The molecule has 0 aliphatic carbocycles. The smallest absolute Gasteiger partial charge is 0.191 e. The molecule has 2 aromatic heterocycles. The summed E-state index contributed by atoms with van der Waals surface area (Å²) >= 11 is 1.73. The average Bonchev–Trinajstić information content (AvgIpc) is 3.32. The second kappa shape index (κ2) is 11.0. The summed E-state index contributed by atoms with van der Waals surface area (Å²) in [6.45, 7) is 4.45. The van der Waals surface area contributed by atoms with E-state index in [1.54, 1.807) is 11.3 Å². The molecule has 26 heavy (non-hydrogen) atoms. The zero-order valence-electron chi connectivity index (χ0n) is 14.8. The van der Waals surface area contributed by atoms with Crippen LogP contribution in [-0.2, 0) is 13.0 Å². The summed E-state index contributed by atoms with van der Waals surface area (Å²) in [7, 11) is 0. The van der Waals surface area contributed by atoms with Gasteiger partial charge in [-0.3, -0.25) is 0 Å². The standard InChI is InChI=1S/C19H23N5S.HI/c1-2-20-19(22-14-18-9-6-12-25-18)21-11-10-16-13-23-24(15-16)17-7-4-3-5-8-17;/h3-9,12-13,15H,2,10-11,14H2,1H3,(H2,20,21,22);1H. The Morgan fingerprint density at radius 2 is 2.00 bits per heavy atom. The Kier molecular flexibility index (Phi) is 8.63. The molecular weight excluding hydrogens is 457 g/mol. The Bertz CT molecular complexity index is 783. The number of nitrogens with zero attached hydrogens (tertiary/aromatic N) is 3. The number of rotatable bonds is 7. The third-order valence-corrected chi connectivity index (χ3v) is 4.54. The molecule has 3 aromatic rings. The van der Waals surface area contributed by atoms with E-state index in [1.807, 2.05) is 29.1 Å². The van der Waals surface area contributed by atoms with Crippen molar-refractivity contribution in [3.63, 3.8) is 0 Å². The molecule has 2 heterocycles. The van der Waals surface area contributed by atoms with Gasteiger partial charge in [-0.25, -0.2) is 9.67 Å². The zero-order chi connectivity index (χ0) is 17.3. The van der Waals surface area contributed by atoms with Gasteiger partial charge in [0.25, 0.3) is 0 Å². The van der Waals surface area contributed by atoms with E-state index < -0.39 is 0 Å². The summed E-state index contributed by atoms with van der Waals surface area (Å²) in [5.74, 6) is 0.853. The van der Waals surface area contributed by atoms with Crippen LogP contribution in [0.4, 0.5) is 0 Å². The number of para-hydroxylation sites is 1. The summed E-state index contributed by atoms with van der Waals surface area (Å²) in [4.78, 5) is 5.89. The molecular formula is C19H24IN5S. The third-order valence-electron chi connectivity index (χ3n) is 3.68. The van der Waals surface area contributed by atoms with Gasteiger partial charge in [0.05, 0.1) is 18.4 Å². The van der Waals surface area contributed by atoms with Gasteiger partial charge in [0, 0.05) is 24.2 Å². The fraction of sp³-hybridized carbons (Fsp3) is 0.263. The topological polar surface area (TPSA) is 54.2 Å². The van der Waals surface area contributed by atoms with Crippen LogP contribution in [0, 0.1) is 0 Å². The molecule has 0 spiro atoms. The fourth-order valence-electron chi connectivity index (χ4n) is 2.44. The van der Waals surface area contributed by atoms with Crippen LogP contribution in [0.25, 0.3) is 5.69 Å². The Labute approximate surface area is 175 Å². The minimum Gasteiger partial charge on any atom is -0.357 e. The van der Waals surface area contributed by atoms with E-state index in [4.69, 9.17) is 0 Å². The number of aliphatic imine (C=N–C) groups is 1. The van der Waals surface area contributed by atoms with Crippen molar-refractivity contribution in [3.8, 4) is 5.69 Å². The fourth-order valence-corrected chi connectivity index (χ4v) is 3.07. The van der Waals surface area contributed by atoms with Crippen molar-refractivity contribution in [3.05, 3.63) is 70.7 Å². The molecule has 1 aromatic carbocycles. The van der Waals surface area contributed by atoms with Crippen molar-refractivity contribution in [1.29, 1.82) is 0 Å². The quantitative estimate of drug-likeness (QED) is 0.306. The lowest BCUT2D eigenvalue weighted by molar-refractivity contribution is 0.800. The van der Waals surface area contributed by atoms with Crippen LogP contribution in [0.15, 0.2) is 65.2 Å². The summed E-state index contributed by atoms with van der Waals surface area (Å²) in [5, 5.41) is 13.2. The molecule has 0 bridgehead atoms. The van der Waals surface area contributed by atoms with Crippen LogP contribution >= 0.6 is 35.3 Å². The van der Waals surface area contributed by atoms with E-state index in [2.05, 4.69) is 63.5 Å². The first-order valence-electron chi connectivity index (χ1n) is 8.48. The molecule has 7 heteroatoms. The van der Waals surface area contributed by atoms with Gasteiger partial charge in [-0.2, -0.15) is 5.10 Å². The van der Waals surface area contributed by atoms with E-state index in [0.29, 0.717) is 6.54 Å². The van der Waals surface area contributed by atoms with Crippen LogP contribution < -0.4 is 10.6 Å². The van der Waals surface area contributed by atoms with E-state index in [-0.39, 0.29) is 24.0 Å². The number of guanidine groups is 1. The van der Waals surface area contributed by atoms with Crippen molar-refractivity contribution in [1.82, 2.24) is 20.4 Å². The lowest BCUT2D eigenvalue weighted by atomic mass is 10.2. The van der Waals surface area contributed by atoms with Crippen LogP contribution in [0.2, 0.25) is 0 Å². The van der Waals surface area contributed by atoms with Crippen LogP contribution in [-0.4, -0.2) is 28.8 Å². The summed E-state index contributed by atoms with van der Waals surface area (Å²) in [6, 6.07) is 14.3. The van der Waals surface area contributed by atoms with Crippen molar-refractivity contribution in [2.75, 3.05) is 13.1 Å². The van der Waals surface area contributed by atoms with Crippen LogP contribution in [0.3, 0.4) is 0 Å². The number of benzene rings is 1. The van der Waals surface area contributed by atoms with Gasteiger partial charge in [-0.15, -0.1) is 35.3 Å². The van der Waals surface area contributed by atoms with Gasteiger partial charge in [0.2, 0.25) is 0 Å². The van der Waals surface area contributed by atoms with E-state index in [1.165, 1.54) is 10.4 Å². The number of thiophene rings is 1. The molecule has 2 N–H and O–H groups in total. The molecule has 5 nitrogen and oxygen atoms in total. The minimum absolute atomic E-state index is 0. The average molecular weight is 481 g/mol. The van der Waals surface area contributed by atoms with Gasteiger partial charge >= 0.3 is 0 Å². The van der Waals surface area contributed by atoms with Crippen LogP contribution in [0.5, 0.6) is 0 Å². The van der Waals surface area contributed by atoms with Gasteiger partial charge in [-0.05, 0) is 42.5 Å². The maximum Gasteiger partial charge on any atom is 0.191 e. The molecule has 0 amide bonds. The zero-order valence-corrected chi connectivity index (χ0v) is 17.9. The normalized spacial score (nSPS) is 11.0. The summed E-state index contributed by atoms with van der Waals surface area (Å²) < 4.78 is 1.91. The van der Waals surface area contributed by atoms with Gasteiger partial charge < -0.3 is 10.6 Å². The minimum atomic E-state index is 0. The SMILES string of the molecule is CCNC(=NCc1cccs1)NCCc1cnn(-c2ccccc2)c1.I. The first kappa shape index (κ1) is 20.4. The second-order valence-electron chi connectivity index (χ2n) is 5.58. The molecule has 0 aliphatic heterocycles. The molecule has 138 valence electrons. The molecule has 3 rings (SSSR count). The Hall–Kier alpha value is -1.87. The van der Waals surface area contributed by atoms with Crippen molar-refractivity contribution in [2.45, 2.75) is 19.9 Å². The highest BCUT2D eigenvalue weighted by Crippen LogP contribution is 2.09. The molecule has 0 saturated carbocycles. The lowest BCUT2D eigenvalue weighted by Crippen LogP contribution is -2.38. The third kappa shape index (κ3) is 6.14. The highest BCUT2D eigenvalue weighted by atomic mass is 127. The van der Waals surface area contributed by atoms with Gasteiger partial charge in [-0.1, -0.05) is 24.3 Å². The molecule has 0 saturated heterocycles. The van der Waals surface area contributed by atoms with Gasteiger partial charge in [0.15, 0.2) is 5.96 Å².